The monoisotopic (exact) mass is 362 g/mol. The zero-order valence-corrected chi connectivity index (χ0v) is 14.0. The van der Waals surface area contributed by atoms with Gasteiger partial charge in [0.2, 0.25) is 5.91 Å². The fourth-order valence-electron chi connectivity index (χ4n) is 2.14. The Morgan fingerprint density at radius 3 is 2.52 bits per heavy atom. The smallest absolute Gasteiger partial charge is 0.293 e. The molecule has 0 spiro atoms. The highest BCUT2D eigenvalue weighted by atomic mass is 35.5. The first-order valence-electron chi connectivity index (χ1n) is 7.16. The number of hydrogen-bond acceptors (Lipinski definition) is 5. The van der Waals surface area contributed by atoms with Crippen molar-refractivity contribution in [3.63, 3.8) is 0 Å². The minimum absolute atomic E-state index is 0.0913. The van der Waals surface area contributed by atoms with E-state index in [0.717, 1.165) is 0 Å². The summed E-state index contributed by atoms with van der Waals surface area (Å²) in [5.41, 5.74) is 6.34. The molecule has 0 atom stereocenters. The van der Waals surface area contributed by atoms with Crippen LogP contribution in [0.25, 0.3) is 0 Å². The van der Waals surface area contributed by atoms with E-state index in [1.807, 2.05) is 0 Å². The summed E-state index contributed by atoms with van der Waals surface area (Å²) in [6, 6.07) is 8.92. The zero-order chi connectivity index (χ0) is 18.6. The standard InChI is InChI=1S/C16H15ClN4O4/c1-9-2-4-13(14(6-9)21(24)25)20-15(22)8-19-12-5-3-10(17)7-11(12)16(18)23/h2-7,19H,8H2,1H3,(H2,18,23)(H,20,22). The number of nitrogens with zero attached hydrogens (tertiary/aromatic N) is 1. The molecular formula is C16H15ClN4O4. The third kappa shape index (κ3) is 4.67. The molecule has 2 rings (SSSR count). The molecule has 4 N–H and O–H groups in total. The van der Waals surface area contributed by atoms with Crippen LogP contribution in [0.2, 0.25) is 5.02 Å². The van der Waals surface area contributed by atoms with Crippen LogP contribution in [-0.4, -0.2) is 23.3 Å². The molecule has 2 amide bonds. The van der Waals surface area contributed by atoms with Crippen molar-refractivity contribution < 1.29 is 14.5 Å². The Hall–Kier alpha value is -3.13. The van der Waals surface area contributed by atoms with Crippen LogP contribution >= 0.6 is 11.6 Å². The third-order valence-electron chi connectivity index (χ3n) is 3.31. The Morgan fingerprint density at radius 1 is 1.20 bits per heavy atom. The number of carbonyl (C=O) groups is 2. The number of amides is 2. The van der Waals surface area contributed by atoms with E-state index in [1.165, 1.54) is 24.3 Å². The van der Waals surface area contributed by atoms with Gasteiger partial charge < -0.3 is 16.4 Å². The molecule has 0 aliphatic heterocycles. The predicted molar refractivity (Wildman–Crippen MR) is 94.9 cm³/mol. The summed E-state index contributed by atoms with van der Waals surface area (Å²) < 4.78 is 0. The van der Waals surface area contributed by atoms with E-state index >= 15 is 0 Å². The third-order valence-corrected chi connectivity index (χ3v) is 3.55. The van der Waals surface area contributed by atoms with E-state index < -0.39 is 16.7 Å². The topological polar surface area (TPSA) is 127 Å². The van der Waals surface area contributed by atoms with E-state index in [1.54, 1.807) is 19.1 Å². The van der Waals surface area contributed by atoms with Gasteiger partial charge in [0, 0.05) is 16.8 Å². The highest BCUT2D eigenvalue weighted by Gasteiger charge is 2.16. The van der Waals surface area contributed by atoms with Gasteiger partial charge in [-0.2, -0.15) is 0 Å². The summed E-state index contributed by atoms with van der Waals surface area (Å²) >= 11 is 5.81. The summed E-state index contributed by atoms with van der Waals surface area (Å²) in [6.07, 6.45) is 0. The van der Waals surface area contributed by atoms with Gasteiger partial charge in [-0.15, -0.1) is 0 Å². The van der Waals surface area contributed by atoms with Gasteiger partial charge in [-0.3, -0.25) is 19.7 Å². The first-order valence-corrected chi connectivity index (χ1v) is 7.54. The Bertz CT molecular complexity index is 854. The fourth-order valence-corrected chi connectivity index (χ4v) is 2.31. The van der Waals surface area contributed by atoms with Crippen molar-refractivity contribution in [2.45, 2.75) is 6.92 Å². The maximum absolute atomic E-state index is 12.1. The molecule has 0 unspecified atom stereocenters. The van der Waals surface area contributed by atoms with Crippen LogP contribution in [0, 0.1) is 17.0 Å². The molecule has 0 saturated heterocycles. The van der Waals surface area contributed by atoms with Crippen LogP contribution in [0.3, 0.4) is 0 Å². The SMILES string of the molecule is Cc1ccc(NC(=O)CNc2ccc(Cl)cc2C(N)=O)c([N+](=O)[O-])c1. The van der Waals surface area contributed by atoms with Crippen molar-refractivity contribution in [3.05, 3.63) is 62.7 Å². The van der Waals surface area contributed by atoms with Crippen molar-refractivity contribution >= 4 is 40.5 Å². The number of halogens is 1. The molecule has 0 aliphatic carbocycles. The molecular weight excluding hydrogens is 348 g/mol. The molecule has 2 aromatic carbocycles. The van der Waals surface area contributed by atoms with Crippen molar-refractivity contribution in [2.24, 2.45) is 5.73 Å². The number of nitrogens with one attached hydrogen (secondary N) is 2. The van der Waals surface area contributed by atoms with Crippen LogP contribution in [0.4, 0.5) is 17.1 Å². The van der Waals surface area contributed by atoms with Crippen LogP contribution in [0.1, 0.15) is 15.9 Å². The second-order valence-corrected chi connectivity index (χ2v) is 5.67. The maximum atomic E-state index is 12.1. The lowest BCUT2D eigenvalue weighted by Gasteiger charge is -2.11. The number of nitrogens with two attached hydrogens (primary N) is 1. The van der Waals surface area contributed by atoms with E-state index in [2.05, 4.69) is 10.6 Å². The highest BCUT2D eigenvalue weighted by molar-refractivity contribution is 6.31. The summed E-state index contributed by atoms with van der Waals surface area (Å²) in [5.74, 6) is -1.21. The number of nitro benzene ring substituents is 1. The average molecular weight is 363 g/mol. The number of anilines is 2. The first kappa shape index (κ1) is 18.2. The van der Waals surface area contributed by atoms with E-state index in [9.17, 15) is 19.7 Å². The molecule has 9 heteroatoms. The highest BCUT2D eigenvalue weighted by Crippen LogP contribution is 2.25. The van der Waals surface area contributed by atoms with Crippen molar-refractivity contribution in [1.82, 2.24) is 0 Å². The van der Waals surface area contributed by atoms with Gasteiger partial charge in [0.15, 0.2) is 0 Å². The molecule has 2 aromatic rings. The van der Waals surface area contributed by atoms with Gasteiger partial charge >= 0.3 is 0 Å². The Balaban J connectivity index is 2.10. The maximum Gasteiger partial charge on any atom is 0.293 e. The molecule has 0 aliphatic rings. The van der Waals surface area contributed by atoms with Gasteiger partial charge in [-0.1, -0.05) is 17.7 Å². The molecule has 25 heavy (non-hydrogen) atoms. The molecule has 0 saturated carbocycles. The lowest BCUT2D eigenvalue weighted by atomic mass is 10.1. The van der Waals surface area contributed by atoms with Gasteiger partial charge in [0.1, 0.15) is 5.69 Å². The molecule has 0 radical (unpaired) electrons. The number of rotatable bonds is 6. The lowest BCUT2D eigenvalue weighted by Crippen LogP contribution is -2.24. The number of hydrogen-bond donors (Lipinski definition) is 3. The largest absolute Gasteiger partial charge is 0.375 e. The van der Waals surface area contributed by atoms with E-state index in [0.29, 0.717) is 16.3 Å². The van der Waals surface area contributed by atoms with Gasteiger partial charge in [0.05, 0.1) is 17.0 Å². The Labute approximate surface area is 148 Å². The second kappa shape index (κ2) is 7.63. The minimum atomic E-state index is -0.695. The molecule has 0 heterocycles. The Kier molecular flexibility index (Phi) is 5.56. The molecule has 0 fully saturated rings. The van der Waals surface area contributed by atoms with Crippen molar-refractivity contribution in [1.29, 1.82) is 0 Å². The lowest BCUT2D eigenvalue weighted by molar-refractivity contribution is -0.384. The van der Waals surface area contributed by atoms with Gasteiger partial charge in [-0.25, -0.2) is 0 Å². The molecule has 0 aromatic heterocycles. The van der Waals surface area contributed by atoms with Crippen LogP contribution in [-0.2, 0) is 4.79 Å². The normalized spacial score (nSPS) is 10.2. The minimum Gasteiger partial charge on any atom is -0.375 e. The quantitative estimate of drug-likeness (QED) is 0.537. The molecule has 8 nitrogen and oxygen atoms in total. The van der Waals surface area contributed by atoms with Crippen LogP contribution in [0.5, 0.6) is 0 Å². The predicted octanol–water partition coefficient (Wildman–Crippen LogP) is 2.71. The second-order valence-electron chi connectivity index (χ2n) is 5.23. The summed E-state index contributed by atoms with van der Waals surface area (Å²) in [6.45, 7) is 1.50. The number of aryl methyl sites for hydroxylation is 1. The zero-order valence-electron chi connectivity index (χ0n) is 13.2. The summed E-state index contributed by atoms with van der Waals surface area (Å²) in [7, 11) is 0. The van der Waals surface area contributed by atoms with Crippen molar-refractivity contribution in [2.75, 3.05) is 17.2 Å². The molecule has 130 valence electrons. The number of nitro groups is 1. The number of carbonyl (C=O) groups excluding carboxylic acids is 2. The van der Waals surface area contributed by atoms with Gasteiger partial charge in [-0.05, 0) is 36.8 Å². The van der Waals surface area contributed by atoms with Crippen molar-refractivity contribution in [3.8, 4) is 0 Å². The molecule has 0 bridgehead atoms. The van der Waals surface area contributed by atoms with Crippen LogP contribution in [0.15, 0.2) is 36.4 Å². The first-order chi connectivity index (χ1) is 11.8. The fraction of sp³-hybridized carbons (Fsp3) is 0.125. The Morgan fingerprint density at radius 2 is 1.88 bits per heavy atom. The average Bonchev–Trinajstić information content (AvgIpc) is 2.55. The summed E-state index contributed by atoms with van der Waals surface area (Å²) in [4.78, 5) is 34.0. The summed E-state index contributed by atoms with van der Waals surface area (Å²) in [5, 5.41) is 16.6. The van der Waals surface area contributed by atoms with Gasteiger partial charge in [0.25, 0.3) is 11.6 Å². The number of benzene rings is 2. The van der Waals surface area contributed by atoms with E-state index in [4.69, 9.17) is 17.3 Å². The van der Waals surface area contributed by atoms with E-state index in [-0.39, 0.29) is 23.5 Å². The number of primary amides is 1. The van der Waals surface area contributed by atoms with Crippen LogP contribution < -0.4 is 16.4 Å².